The van der Waals surface area contributed by atoms with Crippen LogP contribution in [0.3, 0.4) is 0 Å². The Labute approximate surface area is 175 Å². The molecule has 1 heterocycles. The van der Waals surface area contributed by atoms with Crippen LogP contribution in [-0.4, -0.2) is 28.5 Å². The summed E-state index contributed by atoms with van der Waals surface area (Å²) < 4.78 is 27.7. The first-order valence-electron chi connectivity index (χ1n) is 9.43. The van der Waals surface area contributed by atoms with Gasteiger partial charge in [0.1, 0.15) is 5.60 Å². The highest BCUT2D eigenvalue weighted by Crippen LogP contribution is 2.45. The number of carbonyl (C=O) groups is 1. The second-order valence-corrected chi connectivity index (χ2v) is 8.49. The van der Waals surface area contributed by atoms with Gasteiger partial charge in [0, 0.05) is 36.0 Å². The lowest BCUT2D eigenvalue weighted by Gasteiger charge is -2.40. The predicted molar refractivity (Wildman–Crippen MR) is 111 cm³/mol. The SMILES string of the molecule is C=C/C=C(\C(=C)Cl)C(=O)NCC1(c2ccc(C(C)(C)O)nc2)CCC(F)(F)CC1. The van der Waals surface area contributed by atoms with Gasteiger partial charge in [-0.05, 0) is 44.4 Å². The zero-order chi connectivity index (χ0) is 21.9. The number of aromatic nitrogens is 1. The molecule has 7 heteroatoms. The molecular weight excluding hydrogens is 398 g/mol. The molecule has 1 saturated carbocycles. The number of nitrogens with one attached hydrogen (secondary N) is 1. The van der Waals surface area contributed by atoms with Crippen molar-refractivity contribution in [2.45, 2.75) is 56.5 Å². The number of pyridine rings is 1. The lowest BCUT2D eigenvalue weighted by Crippen LogP contribution is -2.45. The Bertz CT molecular complexity index is 801. The second-order valence-electron chi connectivity index (χ2n) is 8.03. The molecule has 1 aromatic rings. The topological polar surface area (TPSA) is 62.2 Å². The van der Waals surface area contributed by atoms with Crippen LogP contribution < -0.4 is 5.32 Å². The fraction of sp³-hybridized carbons (Fsp3) is 0.455. The van der Waals surface area contributed by atoms with Gasteiger partial charge in [-0.25, -0.2) is 8.78 Å². The zero-order valence-corrected chi connectivity index (χ0v) is 17.5. The van der Waals surface area contributed by atoms with Crippen LogP contribution in [0.4, 0.5) is 8.78 Å². The van der Waals surface area contributed by atoms with Gasteiger partial charge in [-0.15, -0.1) is 0 Å². The molecule has 0 aliphatic heterocycles. The molecule has 1 aliphatic rings. The molecule has 0 atom stereocenters. The average molecular weight is 425 g/mol. The maximum Gasteiger partial charge on any atom is 0.252 e. The summed E-state index contributed by atoms with van der Waals surface area (Å²) in [6, 6.07) is 3.48. The standard InChI is InChI=1S/C22H27ClF2N2O2/c1-5-6-17(15(2)23)19(28)27-14-21(9-11-22(24,25)12-10-21)16-7-8-18(26-13-16)20(3,4)29/h5-8,13,29H,1-2,9-12,14H2,3-4H3,(H,27,28)/b17-6+. The number of allylic oxidation sites excluding steroid dienone is 2. The van der Waals surface area contributed by atoms with E-state index in [2.05, 4.69) is 23.5 Å². The van der Waals surface area contributed by atoms with Gasteiger partial charge in [0.2, 0.25) is 5.92 Å². The van der Waals surface area contributed by atoms with E-state index in [9.17, 15) is 18.7 Å². The van der Waals surface area contributed by atoms with E-state index < -0.39 is 22.8 Å². The van der Waals surface area contributed by atoms with Crippen molar-refractivity contribution in [3.63, 3.8) is 0 Å². The minimum absolute atomic E-state index is 0.0721. The Kier molecular flexibility index (Phi) is 7.01. The summed E-state index contributed by atoms with van der Waals surface area (Å²) >= 11 is 5.88. The highest BCUT2D eigenvalue weighted by molar-refractivity contribution is 6.35. The number of alkyl halides is 2. The highest BCUT2D eigenvalue weighted by atomic mass is 35.5. The molecule has 2 rings (SSSR count). The zero-order valence-electron chi connectivity index (χ0n) is 16.8. The molecule has 0 bridgehead atoms. The number of carbonyl (C=O) groups excluding carboxylic acids is 1. The van der Waals surface area contributed by atoms with Crippen LogP contribution in [0.25, 0.3) is 0 Å². The Morgan fingerprint density at radius 3 is 2.41 bits per heavy atom. The van der Waals surface area contributed by atoms with Gasteiger partial charge in [-0.3, -0.25) is 9.78 Å². The van der Waals surface area contributed by atoms with Gasteiger partial charge in [-0.1, -0.05) is 36.9 Å². The van der Waals surface area contributed by atoms with E-state index in [1.54, 1.807) is 32.2 Å². The van der Waals surface area contributed by atoms with Gasteiger partial charge in [0.25, 0.3) is 5.91 Å². The van der Waals surface area contributed by atoms with Crippen molar-refractivity contribution in [1.82, 2.24) is 10.3 Å². The van der Waals surface area contributed by atoms with Gasteiger partial charge in [0.15, 0.2) is 0 Å². The number of halogens is 3. The minimum atomic E-state index is -2.72. The largest absolute Gasteiger partial charge is 0.384 e. The lowest BCUT2D eigenvalue weighted by atomic mass is 9.68. The average Bonchev–Trinajstić information content (AvgIpc) is 2.64. The molecule has 29 heavy (non-hydrogen) atoms. The van der Waals surface area contributed by atoms with Gasteiger partial charge < -0.3 is 10.4 Å². The first-order chi connectivity index (χ1) is 13.4. The number of hydrogen-bond acceptors (Lipinski definition) is 3. The Balaban J connectivity index is 2.30. The van der Waals surface area contributed by atoms with Gasteiger partial charge >= 0.3 is 0 Å². The predicted octanol–water partition coefficient (Wildman–Crippen LogP) is 4.74. The lowest BCUT2D eigenvalue weighted by molar-refractivity contribution is -0.117. The van der Waals surface area contributed by atoms with E-state index in [1.165, 1.54) is 12.2 Å². The van der Waals surface area contributed by atoms with Crippen LogP contribution in [-0.2, 0) is 15.8 Å². The van der Waals surface area contributed by atoms with Crippen molar-refractivity contribution in [3.8, 4) is 0 Å². The third-order valence-corrected chi connectivity index (χ3v) is 5.55. The monoisotopic (exact) mass is 424 g/mol. The smallest absolute Gasteiger partial charge is 0.252 e. The van der Waals surface area contributed by atoms with Crippen molar-refractivity contribution in [3.05, 3.63) is 65.5 Å². The molecular formula is C22H27ClF2N2O2. The third-order valence-electron chi connectivity index (χ3n) is 5.35. The van der Waals surface area contributed by atoms with E-state index in [0.717, 1.165) is 5.56 Å². The third kappa shape index (κ3) is 5.73. The van der Waals surface area contributed by atoms with Crippen LogP contribution in [0.1, 0.15) is 50.8 Å². The fourth-order valence-electron chi connectivity index (χ4n) is 3.48. The Hall–Kier alpha value is -2.05. The molecule has 0 spiro atoms. The molecule has 0 aromatic carbocycles. The molecule has 2 N–H and O–H groups in total. The molecule has 0 unspecified atom stereocenters. The number of nitrogens with zero attached hydrogens (tertiary/aromatic N) is 1. The van der Waals surface area contributed by atoms with E-state index in [4.69, 9.17) is 11.6 Å². The molecule has 0 saturated heterocycles. The molecule has 1 aromatic heterocycles. The molecule has 1 fully saturated rings. The summed E-state index contributed by atoms with van der Waals surface area (Å²) in [4.78, 5) is 16.9. The summed E-state index contributed by atoms with van der Waals surface area (Å²) in [5, 5.41) is 13.0. The normalized spacial score (nSPS) is 18.8. The van der Waals surface area contributed by atoms with E-state index >= 15 is 0 Å². The van der Waals surface area contributed by atoms with Gasteiger partial charge in [0.05, 0.1) is 11.3 Å². The first-order valence-corrected chi connectivity index (χ1v) is 9.81. The Morgan fingerprint density at radius 1 is 1.34 bits per heavy atom. The van der Waals surface area contributed by atoms with Crippen LogP contribution in [0.15, 0.2) is 54.2 Å². The van der Waals surface area contributed by atoms with Crippen molar-refractivity contribution < 1.29 is 18.7 Å². The highest BCUT2D eigenvalue weighted by Gasteiger charge is 2.44. The second kappa shape index (κ2) is 8.76. The summed E-state index contributed by atoms with van der Waals surface area (Å²) in [5.41, 5.74) is -0.384. The molecule has 1 amide bonds. The van der Waals surface area contributed by atoms with Crippen LogP contribution in [0.5, 0.6) is 0 Å². The number of amides is 1. The van der Waals surface area contributed by atoms with Crippen molar-refractivity contribution in [2.75, 3.05) is 6.54 Å². The van der Waals surface area contributed by atoms with E-state index in [-0.39, 0.29) is 42.8 Å². The molecule has 158 valence electrons. The molecule has 0 radical (unpaired) electrons. The van der Waals surface area contributed by atoms with E-state index in [0.29, 0.717) is 5.69 Å². The van der Waals surface area contributed by atoms with Crippen LogP contribution in [0, 0.1) is 0 Å². The quantitative estimate of drug-likeness (QED) is 0.491. The van der Waals surface area contributed by atoms with Crippen molar-refractivity contribution >= 4 is 17.5 Å². The summed E-state index contributed by atoms with van der Waals surface area (Å²) in [6.45, 7) is 10.5. The van der Waals surface area contributed by atoms with Crippen LogP contribution >= 0.6 is 11.6 Å². The molecule has 1 aliphatic carbocycles. The van der Waals surface area contributed by atoms with Crippen molar-refractivity contribution in [1.29, 1.82) is 0 Å². The van der Waals surface area contributed by atoms with Crippen molar-refractivity contribution in [2.24, 2.45) is 0 Å². The van der Waals surface area contributed by atoms with E-state index in [1.807, 2.05) is 0 Å². The number of hydrogen-bond donors (Lipinski definition) is 2. The summed E-state index contributed by atoms with van der Waals surface area (Å²) in [5.74, 6) is -3.16. The number of rotatable bonds is 7. The molecule has 4 nitrogen and oxygen atoms in total. The minimum Gasteiger partial charge on any atom is -0.384 e. The van der Waals surface area contributed by atoms with Gasteiger partial charge in [-0.2, -0.15) is 0 Å². The maximum atomic E-state index is 13.8. The summed E-state index contributed by atoms with van der Waals surface area (Å²) in [6.07, 6.45) is 4.34. The Morgan fingerprint density at radius 2 is 1.97 bits per heavy atom. The summed E-state index contributed by atoms with van der Waals surface area (Å²) in [7, 11) is 0. The maximum absolute atomic E-state index is 13.8. The number of aliphatic hydroxyl groups is 1. The first kappa shape index (κ1) is 23.2. The fourth-order valence-corrected chi connectivity index (χ4v) is 3.63. The van der Waals surface area contributed by atoms with Crippen LogP contribution in [0.2, 0.25) is 0 Å².